The highest BCUT2D eigenvalue weighted by molar-refractivity contribution is 8.01. The molecule has 2 aliphatic rings. The van der Waals surface area contributed by atoms with Crippen LogP contribution in [0.5, 0.6) is 0 Å². The summed E-state index contributed by atoms with van der Waals surface area (Å²) in [6, 6.07) is 17.4. The second kappa shape index (κ2) is 10.0. The molecule has 31 heavy (non-hydrogen) atoms. The monoisotopic (exact) mass is 437 g/mol. The first-order valence-corrected chi connectivity index (χ1v) is 11.7. The summed E-state index contributed by atoms with van der Waals surface area (Å²) in [6.07, 6.45) is 3.79. The van der Waals surface area contributed by atoms with E-state index in [9.17, 15) is 14.4 Å². The van der Waals surface area contributed by atoms with Crippen molar-refractivity contribution >= 4 is 35.2 Å². The second-order valence-corrected chi connectivity index (χ2v) is 9.01. The van der Waals surface area contributed by atoms with Gasteiger partial charge in [-0.15, -0.1) is 11.8 Å². The molecule has 0 radical (unpaired) electrons. The SMILES string of the molecule is O=C(CN1C(=O)[C@@H](C(=O)N2CCCCC2)Sc2ccccc21)NCCc1ccccc1. The maximum absolute atomic E-state index is 13.3. The predicted molar refractivity (Wildman–Crippen MR) is 122 cm³/mol. The van der Waals surface area contributed by atoms with Gasteiger partial charge in [0.25, 0.3) is 5.91 Å². The van der Waals surface area contributed by atoms with Crippen LogP contribution in [0.2, 0.25) is 0 Å². The van der Waals surface area contributed by atoms with E-state index in [2.05, 4.69) is 5.32 Å². The number of amides is 3. The van der Waals surface area contributed by atoms with E-state index in [0.717, 1.165) is 36.1 Å². The lowest BCUT2D eigenvalue weighted by Gasteiger charge is -2.36. The van der Waals surface area contributed by atoms with Crippen molar-refractivity contribution in [1.29, 1.82) is 0 Å². The molecule has 0 aliphatic carbocycles. The summed E-state index contributed by atoms with van der Waals surface area (Å²) >= 11 is 1.30. The molecule has 2 aliphatic heterocycles. The number of carbonyl (C=O) groups is 3. The third-order valence-electron chi connectivity index (χ3n) is 5.66. The van der Waals surface area contributed by atoms with Gasteiger partial charge in [0.15, 0.2) is 5.25 Å². The minimum atomic E-state index is -0.829. The summed E-state index contributed by atoms with van der Waals surface area (Å²) in [7, 11) is 0. The zero-order chi connectivity index (χ0) is 21.6. The fourth-order valence-electron chi connectivity index (χ4n) is 4.01. The molecule has 7 heteroatoms. The number of nitrogens with zero attached hydrogens (tertiary/aromatic N) is 2. The molecule has 2 aromatic rings. The maximum Gasteiger partial charge on any atom is 0.250 e. The van der Waals surface area contributed by atoms with Crippen molar-refractivity contribution in [1.82, 2.24) is 10.2 Å². The lowest BCUT2D eigenvalue weighted by atomic mass is 10.1. The minimum Gasteiger partial charge on any atom is -0.354 e. The van der Waals surface area contributed by atoms with Crippen LogP contribution in [-0.4, -0.2) is 54.1 Å². The van der Waals surface area contributed by atoms with E-state index in [1.54, 1.807) is 4.90 Å². The minimum absolute atomic E-state index is 0.0883. The Balaban J connectivity index is 1.44. The zero-order valence-electron chi connectivity index (χ0n) is 17.5. The number of likely N-dealkylation sites (tertiary alicyclic amines) is 1. The molecule has 2 aromatic carbocycles. The third kappa shape index (κ3) is 5.10. The second-order valence-electron chi connectivity index (χ2n) is 7.86. The van der Waals surface area contributed by atoms with Gasteiger partial charge in [0.1, 0.15) is 6.54 Å². The molecule has 1 N–H and O–H groups in total. The van der Waals surface area contributed by atoms with Crippen LogP contribution in [0.3, 0.4) is 0 Å². The van der Waals surface area contributed by atoms with Gasteiger partial charge in [0.05, 0.1) is 5.69 Å². The van der Waals surface area contributed by atoms with Crippen LogP contribution < -0.4 is 10.2 Å². The van der Waals surface area contributed by atoms with E-state index in [1.165, 1.54) is 16.7 Å². The smallest absolute Gasteiger partial charge is 0.250 e. The molecular formula is C24H27N3O3S. The Kier molecular flexibility index (Phi) is 6.92. The summed E-state index contributed by atoms with van der Waals surface area (Å²) in [5.41, 5.74) is 1.84. The molecule has 3 amide bonds. The molecule has 6 nitrogen and oxygen atoms in total. The topological polar surface area (TPSA) is 69.7 Å². The molecule has 0 saturated carbocycles. The van der Waals surface area contributed by atoms with Crippen molar-refractivity contribution < 1.29 is 14.4 Å². The van der Waals surface area contributed by atoms with Crippen molar-refractivity contribution in [2.75, 3.05) is 31.1 Å². The first-order chi connectivity index (χ1) is 15.1. The van der Waals surface area contributed by atoms with E-state index >= 15 is 0 Å². The van der Waals surface area contributed by atoms with Gasteiger partial charge in [-0.2, -0.15) is 0 Å². The van der Waals surface area contributed by atoms with Crippen molar-refractivity contribution in [3.63, 3.8) is 0 Å². The Hall–Kier alpha value is -2.80. The van der Waals surface area contributed by atoms with Gasteiger partial charge in [-0.3, -0.25) is 14.4 Å². The normalized spacial score (nSPS) is 18.5. The summed E-state index contributed by atoms with van der Waals surface area (Å²) in [6.45, 7) is 1.81. The van der Waals surface area contributed by atoms with Crippen molar-refractivity contribution in [2.24, 2.45) is 0 Å². The summed E-state index contributed by atoms with van der Waals surface area (Å²) in [5.74, 6) is -0.675. The van der Waals surface area contributed by atoms with Crippen LogP contribution in [-0.2, 0) is 20.8 Å². The van der Waals surface area contributed by atoms with E-state index in [0.29, 0.717) is 25.3 Å². The van der Waals surface area contributed by atoms with Crippen molar-refractivity contribution in [3.05, 3.63) is 60.2 Å². The average molecular weight is 438 g/mol. The molecule has 0 bridgehead atoms. The van der Waals surface area contributed by atoms with Crippen LogP contribution in [0.15, 0.2) is 59.5 Å². The van der Waals surface area contributed by atoms with Gasteiger partial charge in [-0.05, 0) is 43.4 Å². The molecule has 162 valence electrons. The molecule has 1 atom stereocenters. The Morgan fingerprint density at radius 3 is 2.45 bits per heavy atom. The van der Waals surface area contributed by atoms with E-state index < -0.39 is 5.25 Å². The first kappa shape index (κ1) is 21.4. The average Bonchev–Trinajstić information content (AvgIpc) is 2.81. The third-order valence-corrected chi connectivity index (χ3v) is 6.90. The van der Waals surface area contributed by atoms with Gasteiger partial charge in [-0.25, -0.2) is 0 Å². The molecule has 0 spiro atoms. The van der Waals surface area contributed by atoms with Gasteiger partial charge >= 0.3 is 0 Å². The lowest BCUT2D eigenvalue weighted by Crippen LogP contribution is -2.52. The molecule has 4 rings (SSSR count). The van der Waals surface area contributed by atoms with Crippen LogP contribution >= 0.6 is 11.8 Å². The van der Waals surface area contributed by atoms with Gasteiger partial charge in [0.2, 0.25) is 11.8 Å². The largest absolute Gasteiger partial charge is 0.354 e. The van der Waals surface area contributed by atoms with Gasteiger partial charge in [-0.1, -0.05) is 42.5 Å². The Morgan fingerprint density at radius 1 is 0.968 bits per heavy atom. The molecule has 1 fully saturated rings. The van der Waals surface area contributed by atoms with E-state index in [1.807, 2.05) is 54.6 Å². The fraction of sp³-hybridized carbons (Fsp3) is 0.375. The number of hydrogen-bond acceptors (Lipinski definition) is 4. The summed E-state index contributed by atoms with van der Waals surface area (Å²) in [5, 5.41) is 2.07. The number of piperidine rings is 1. The number of rotatable bonds is 6. The number of anilines is 1. The quantitative estimate of drug-likeness (QED) is 0.706. The number of thioether (sulfide) groups is 1. The Bertz CT molecular complexity index is 944. The standard InChI is InChI=1S/C24H27N3O3S/c28-21(25-14-13-18-9-3-1-4-10-18)17-27-19-11-5-6-12-20(19)31-22(24(27)30)23(29)26-15-7-2-8-16-26/h1,3-6,9-12,22H,2,7-8,13-17H2,(H,25,28)/t22-/m1/s1. The highest BCUT2D eigenvalue weighted by Gasteiger charge is 2.40. The molecule has 0 aromatic heterocycles. The number of para-hydroxylation sites is 1. The Morgan fingerprint density at radius 2 is 1.68 bits per heavy atom. The zero-order valence-corrected chi connectivity index (χ0v) is 18.3. The van der Waals surface area contributed by atoms with E-state index in [4.69, 9.17) is 0 Å². The molecule has 2 heterocycles. The number of nitrogens with one attached hydrogen (secondary N) is 1. The van der Waals surface area contributed by atoms with Crippen LogP contribution in [0.25, 0.3) is 0 Å². The van der Waals surface area contributed by atoms with Crippen LogP contribution in [0, 0.1) is 0 Å². The van der Waals surface area contributed by atoms with Gasteiger partial charge in [0, 0.05) is 24.5 Å². The number of hydrogen-bond donors (Lipinski definition) is 1. The maximum atomic E-state index is 13.3. The highest BCUT2D eigenvalue weighted by Crippen LogP contribution is 2.39. The van der Waals surface area contributed by atoms with E-state index in [-0.39, 0.29) is 24.3 Å². The van der Waals surface area contributed by atoms with Crippen LogP contribution in [0.4, 0.5) is 5.69 Å². The number of benzene rings is 2. The summed E-state index contributed by atoms with van der Waals surface area (Å²) < 4.78 is 0. The number of fused-ring (bicyclic) bond motifs is 1. The predicted octanol–water partition coefficient (Wildman–Crippen LogP) is 2.87. The molecule has 1 saturated heterocycles. The molecular weight excluding hydrogens is 410 g/mol. The lowest BCUT2D eigenvalue weighted by molar-refractivity contribution is -0.135. The van der Waals surface area contributed by atoms with Crippen LogP contribution in [0.1, 0.15) is 24.8 Å². The summed E-state index contributed by atoms with van der Waals surface area (Å²) in [4.78, 5) is 43.1. The number of carbonyl (C=O) groups excluding carboxylic acids is 3. The Labute approximate surface area is 187 Å². The highest BCUT2D eigenvalue weighted by atomic mass is 32.2. The first-order valence-electron chi connectivity index (χ1n) is 10.8. The van der Waals surface area contributed by atoms with Gasteiger partial charge < -0.3 is 15.1 Å². The van der Waals surface area contributed by atoms with Crippen molar-refractivity contribution in [3.8, 4) is 0 Å². The fourth-order valence-corrected chi connectivity index (χ4v) is 5.20. The van der Waals surface area contributed by atoms with Crippen molar-refractivity contribution in [2.45, 2.75) is 35.8 Å². The molecule has 0 unspecified atom stereocenters.